The van der Waals surface area contributed by atoms with E-state index in [1.165, 1.54) is 109 Å². The molecule has 0 aliphatic carbocycles. The van der Waals surface area contributed by atoms with Gasteiger partial charge in [0.25, 0.3) is 0 Å². The van der Waals surface area contributed by atoms with E-state index in [9.17, 15) is 13.0 Å². The topological polar surface area (TPSA) is 57.2 Å². The molecule has 0 saturated carbocycles. The van der Waals surface area contributed by atoms with Crippen LogP contribution < -0.4 is 0 Å². The molecule has 0 radical (unpaired) electrons. The van der Waals surface area contributed by atoms with Crippen LogP contribution in [0.2, 0.25) is 0 Å². The van der Waals surface area contributed by atoms with Crippen LogP contribution in [0.25, 0.3) is 0 Å². The molecule has 0 amide bonds. The van der Waals surface area contributed by atoms with Gasteiger partial charge in [0.05, 0.1) is 10.1 Å². The lowest BCUT2D eigenvalue weighted by molar-refractivity contribution is 0.459. The summed E-state index contributed by atoms with van der Waals surface area (Å²) in [5, 5.41) is 0. The highest BCUT2D eigenvalue weighted by Crippen LogP contribution is 2.14. The van der Waals surface area contributed by atoms with Gasteiger partial charge < -0.3 is 4.55 Å². The zero-order chi connectivity index (χ0) is 19.3. The van der Waals surface area contributed by atoms with Crippen LogP contribution in [0.1, 0.15) is 135 Å². The molecule has 0 heterocycles. The van der Waals surface area contributed by atoms with Crippen LogP contribution in [-0.2, 0) is 10.1 Å². The Bertz CT molecular complexity index is 366. The van der Waals surface area contributed by atoms with E-state index in [1.807, 2.05) is 0 Å². The molecule has 0 spiro atoms. The lowest BCUT2D eigenvalue weighted by Crippen LogP contribution is -2.03. The molecule has 0 aromatic rings. The molecule has 0 unspecified atom stereocenters. The summed E-state index contributed by atoms with van der Waals surface area (Å²) in [6, 6.07) is 0. The van der Waals surface area contributed by atoms with Crippen molar-refractivity contribution >= 4 is 10.1 Å². The van der Waals surface area contributed by atoms with E-state index in [-0.39, 0.29) is 5.75 Å². The van der Waals surface area contributed by atoms with Crippen molar-refractivity contribution in [3.63, 3.8) is 0 Å². The monoisotopic (exact) mass is 389 g/mol. The van der Waals surface area contributed by atoms with E-state index < -0.39 is 10.1 Å². The maximum absolute atomic E-state index is 10.5. The van der Waals surface area contributed by atoms with Crippen LogP contribution in [-0.4, -0.2) is 18.7 Å². The third-order valence-corrected chi connectivity index (χ3v) is 6.04. The summed E-state index contributed by atoms with van der Waals surface area (Å²) in [5.41, 5.74) is 0. The van der Waals surface area contributed by atoms with Crippen LogP contribution in [0.3, 0.4) is 0 Å². The van der Waals surface area contributed by atoms with Crippen molar-refractivity contribution in [3.8, 4) is 0 Å². The fourth-order valence-corrected chi connectivity index (χ4v) is 4.09. The normalized spacial score (nSPS) is 11.9. The summed E-state index contributed by atoms with van der Waals surface area (Å²) in [7, 11) is -4.00. The second kappa shape index (κ2) is 19.7. The quantitative estimate of drug-likeness (QED) is 0.152. The predicted molar refractivity (Wildman–Crippen MR) is 113 cm³/mol. The average molecular weight is 390 g/mol. The van der Waals surface area contributed by atoms with E-state index in [2.05, 4.69) is 6.92 Å². The molecule has 0 bridgehead atoms. The molecule has 0 aliphatic rings. The molecule has 0 N–H and O–H groups in total. The lowest BCUT2D eigenvalue weighted by Gasteiger charge is -2.06. The molecule has 3 nitrogen and oxygen atoms in total. The molecule has 0 rings (SSSR count). The van der Waals surface area contributed by atoms with E-state index >= 15 is 0 Å². The van der Waals surface area contributed by atoms with Crippen LogP contribution >= 0.6 is 0 Å². The summed E-state index contributed by atoms with van der Waals surface area (Å²) in [6.07, 6.45) is 25.9. The first kappa shape index (κ1) is 25.9. The summed E-state index contributed by atoms with van der Waals surface area (Å²) in [4.78, 5) is 0. The van der Waals surface area contributed by atoms with E-state index in [1.54, 1.807) is 0 Å². The Morgan fingerprint density at radius 1 is 0.462 bits per heavy atom. The van der Waals surface area contributed by atoms with Gasteiger partial charge in [-0.05, 0) is 6.42 Å². The van der Waals surface area contributed by atoms with Crippen molar-refractivity contribution in [3.05, 3.63) is 0 Å². The lowest BCUT2D eigenvalue weighted by atomic mass is 10.0. The highest BCUT2D eigenvalue weighted by atomic mass is 32.2. The standard InChI is InChI=1S/C22H46O3S/c1-2-3-4-5-6-7-8-9-10-11-12-13-14-15-16-17-18-19-20-21-22-26(23,24)25/h2-22H2,1H3,(H,23,24,25)/p-1. The molecule has 26 heavy (non-hydrogen) atoms. The molecule has 0 saturated heterocycles. The van der Waals surface area contributed by atoms with Crippen LogP contribution in [0.5, 0.6) is 0 Å². The molecule has 4 heteroatoms. The molecular weight excluding hydrogens is 344 g/mol. The Hall–Kier alpha value is -0.0900. The maximum atomic E-state index is 10.5. The first-order valence-electron chi connectivity index (χ1n) is 11.5. The molecular formula is C22H45O3S-. The van der Waals surface area contributed by atoms with Crippen LogP contribution in [0, 0.1) is 0 Å². The smallest absolute Gasteiger partial charge is 0.0945 e. The van der Waals surface area contributed by atoms with Gasteiger partial charge in [-0.15, -0.1) is 0 Å². The highest BCUT2D eigenvalue weighted by Gasteiger charge is 1.97. The number of rotatable bonds is 21. The molecule has 158 valence electrons. The number of unbranched alkanes of at least 4 members (excludes halogenated alkanes) is 19. The van der Waals surface area contributed by atoms with E-state index in [0.29, 0.717) is 6.42 Å². The molecule has 0 fully saturated rings. The van der Waals surface area contributed by atoms with Crippen molar-refractivity contribution in [1.29, 1.82) is 0 Å². The van der Waals surface area contributed by atoms with Gasteiger partial charge in [-0.25, -0.2) is 8.42 Å². The van der Waals surface area contributed by atoms with E-state index in [0.717, 1.165) is 12.8 Å². The van der Waals surface area contributed by atoms with Gasteiger partial charge in [-0.3, -0.25) is 0 Å². The van der Waals surface area contributed by atoms with Gasteiger partial charge >= 0.3 is 0 Å². The summed E-state index contributed by atoms with van der Waals surface area (Å²) in [5.74, 6) is -0.189. The third-order valence-electron chi connectivity index (χ3n) is 5.25. The van der Waals surface area contributed by atoms with Crippen LogP contribution in [0.4, 0.5) is 0 Å². The van der Waals surface area contributed by atoms with Crippen LogP contribution in [0.15, 0.2) is 0 Å². The van der Waals surface area contributed by atoms with Gasteiger partial charge in [-0.1, -0.05) is 129 Å². The average Bonchev–Trinajstić information content (AvgIpc) is 2.59. The summed E-state index contributed by atoms with van der Waals surface area (Å²) in [6.45, 7) is 2.28. The largest absolute Gasteiger partial charge is 0.748 e. The van der Waals surface area contributed by atoms with Gasteiger partial charge in [0, 0.05) is 5.75 Å². The van der Waals surface area contributed by atoms with E-state index in [4.69, 9.17) is 0 Å². The third kappa shape index (κ3) is 23.9. The van der Waals surface area contributed by atoms with Gasteiger partial charge in [-0.2, -0.15) is 0 Å². The van der Waals surface area contributed by atoms with Gasteiger partial charge in [0.15, 0.2) is 0 Å². The molecule has 0 aromatic carbocycles. The fourth-order valence-electron chi connectivity index (χ4n) is 3.53. The second-order valence-corrected chi connectivity index (χ2v) is 9.50. The Balaban J connectivity index is 3.03. The fraction of sp³-hybridized carbons (Fsp3) is 1.00. The molecule has 0 aliphatic heterocycles. The molecule has 0 atom stereocenters. The summed E-state index contributed by atoms with van der Waals surface area (Å²) < 4.78 is 31.4. The summed E-state index contributed by atoms with van der Waals surface area (Å²) >= 11 is 0. The minimum atomic E-state index is -4.00. The Kier molecular flexibility index (Phi) is 19.6. The Morgan fingerprint density at radius 3 is 0.923 bits per heavy atom. The second-order valence-electron chi connectivity index (χ2n) is 7.98. The zero-order valence-corrected chi connectivity index (χ0v) is 18.3. The Labute approximate surface area is 164 Å². The first-order valence-corrected chi connectivity index (χ1v) is 13.1. The van der Waals surface area contributed by atoms with Crippen molar-refractivity contribution in [1.82, 2.24) is 0 Å². The predicted octanol–water partition coefficient (Wildman–Crippen LogP) is 7.35. The SMILES string of the molecule is CCCCCCCCCCCCCCCCCCCCCCS(=O)(=O)[O-]. The van der Waals surface area contributed by atoms with Gasteiger partial charge in [0.1, 0.15) is 0 Å². The molecule has 0 aromatic heterocycles. The maximum Gasteiger partial charge on any atom is 0.0945 e. The minimum absolute atomic E-state index is 0.189. The zero-order valence-electron chi connectivity index (χ0n) is 17.5. The minimum Gasteiger partial charge on any atom is -0.748 e. The first-order chi connectivity index (χ1) is 12.6. The van der Waals surface area contributed by atoms with Crippen molar-refractivity contribution in [2.24, 2.45) is 0 Å². The highest BCUT2D eigenvalue weighted by molar-refractivity contribution is 7.85. The number of hydrogen-bond donors (Lipinski definition) is 0. The van der Waals surface area contributed by atoms with Crippen molar-refractivity contribution < 1.29 is 13.0 Å². The van der Waals surface area contributed by atoms with Gasteiger partial charge in [0.2, 0.25) is 0 Å². The van der Waals surface area contributed by atoms with Crippen molar-refractivity contribution in [2.45, 2.75) is 135 Å². The Morgan fingerprint density at radius 2 is 0.692 bits per heavy atom. The van der Waals surface area contributed by atoms with Crippen molar-refractivity contribution in [2.75, 3.05) is 5.75 Å². The number of hydrogen-bond acceptors (Lipinski definition) is 3.